The Morgan fingerprint density at radius 1 is 1.22 bits per heavy atom. The molecule has 18 heavy (non-hydrogen) atoms. The van der Waals surface area contributed by atoms with Gasteiger partial charge in [-0.05, 0) is 31.7 Å². The first kappa shape index (κ1) is 11.9. The van der Waals surface area contributed by atoms with Crippen molar-refractivity contribution in [1.82, 2.24) is 14.9 Å². The molecule has 3 N–H and O–H groups in total. The second kappa shape index (κ2) is 5.20. The van der Waals surface area contributed by atoms with Gasteiger partial charge >= 0.3 is 0 Å². The number of nitrogens with zero attached hydrogens (tertiary/aromatic N) is 3. The second-order valence-corrected chi connectivity index (χ2v) is 5.41. The van der Waals surface area contributed by atoms with E-state index in [0.29, 0.717) is 5.82 Å². The van der Waals surface area contributed by atoms with Crippen LogP contribution in [-0.4, -0.2) is 27.5 Å². The van der Waals surface area contributed by atoms with Gasteiger partial charge in [-0.25, -0.2) is 10.8 Å². The molecule has 0 radical (unpaired) electrons. The van der Waals surface area contributed by atoms with E-state index in [-0.39, 0.29) is 0 Å². The molecule has 98 valence electrons. The summed E-state index contributed by atoms with van der Waals surface area (Å²) in [7, 11) is 0. The maximum atomic E-state index is 5.29. The standard InChI is InChI=1S/C13H21N5/c14-17-13-8-15-11(7-16-13)9-18-6-5-10-3-1-2-4-12(10)18/h7-8,10,12H,1-6,9,14H2,(H,16,17). The minimum Gasteiger partial charge on any atom is -0.307 e. The van der Waals surface area contributed by atoms with Crippen molar-refractivity contribution < 1.29 is 0 Å². The van der Waals surface area contributed by atoms with Crippen molar-refractivity contribution in [1.29, 1.82) is 0 Å². The van der Waals surface area contributed by atoms with Crippen LogP contribution in [0.15, 0.2) is 12.4 Å². The number of rotatable bonds is 3. The van der Waals surface area contributed by atoms with E-state index in [4.69, 9.17) is 5.84 Å². The van der Waals surface area contributed by atoms with Gasteiger partial charge in [-0.2, -0.15) is 0 Å². The molecule has 1 saturated carbocycles. The van der Waals surface area contributed by atoms with Gasteiger partial charge < -0.3 is 5.43 Å². The Balaban J connectivity index is 1.65. The molecular formula is C13H21N5. The molecule has 2 atom stereocenters. The molecule has 3 rings (SSSR count). The summed E-state index contributed by atoms with van der Waals surface area (Å²) in [5.74, 6) is 6.84. The topological polar surface area (TPSA) is 67.1 Å². The molecule has 1 aliphatic carbocycles. The second-order valence-electron chi connectivity index (χ2n) is 5.41. The van der Waals surface area contributed by atoms with E-state index in [1.807, 2.05) is 6.20 Å². The molecule has 0 amide bonds. The third-order valence-corrected chi connectivity index (χ3v) is 4.34. The fraction of sp³-hybridized carbons (Fsp3) is 0.692. The van der Waals surface area contributed by atoms with Crippen LogP contribution in [0, 0.1) is 5.92 Å². The largest absolute Gasteiger partial charge is 0.307 e. The maximum Gasteiger partial charge on any atom is 0.158 e. The number of anilines is 1. The highest BCUT2D eigenvalue weighted by Gasteiger charge is 2.35. The van der Waals surface area contributed by atoms with Crippen LogP contribution in [0.25, 0.3) is 0 Å². The van der Waals surface area contributed by atoms with Crippen LogP contribution in [0.2, 0.25) is 0 Å². The first-order chi connectivity index (χ1) is 8.86. The molecule has 2 aliphatic rings. The van der Waals surface area contributed by atoms with Gasteiger partial charge in [0.15, 0.2) is 5.82 Å². The van der Waals surface area contributed by atoms with Crippen LogP contribution < -0.4 is 11.3 Å². The summed E-state index contributed by atoms with van der Waals surface area (Å²) in [5.41, 5.74) is 3.55. The average molecular weight is 247 g/mol. The van der Waals surface area contributed by atoms with E-state index < -0.39 is 0 Å². The summed E-state index contributed by atoms with van der Waals surface area (Å²) in [5, 5.41) is 0. The van der Waals surface area contributed by atoms with Gasteiger partial charge in [0, 0.05) is 12.6 Å². The van der Waals surface area contributed by atoms with Crippen LogP contribution >= 0.6 is 0 Å². The Labute approximate surface area is 108 Å². The van der Waals surface area contributed by atoms with Crippen molar-refractivity contribution in [2.45, 2.75) is 44.7 Å². The van der Waals surface area contributed by atoms with E-state index in [1.165, 1.54) is 38.6 Å². The number of hydrogen-bond acceptors (Lipinski definition) is 5. The zero-order valence-electron chi connectivity index (χ0n) is 10.7. The van der Waals surface area contributed by atoms with E-state index in [2.05, 4.69) is 20.3 Å². The number of hydrazine groups is 1. The van der Waals surface area contributed by atoms with Crippen LogP contribution in [0.3, 0.4) is 0 Å². The predicted octanol–water partition coefficient (Wildman–Crippen LogP) is 1.53. The Bertz CT molecular complexity index is 391. The van der Waals surface area contributed by atoms with Crippen molar-refractivity contribution in [3.05, 3.63) is 18.1 Å². The third-order valence-electron chi connectivity index (χ3n) is 4.34. The average Bonchev–Trinajstić information content (AvgIpc) is 2.83. The maximum absolute atomic E-state index is 5.29. The Hall–Kier alpha value is -1.20. The summed E-state index contributed by atoms with van der Waals surface area (Å²) in [6.45, 7) is 2.15. The zero-order chi connectivity index (χ0) is 12.4. The first-order valence-corrected chi connectivity index (χ1v) is 6.88. The van der Waals surface area contributed by atoms with Crippen molar-refractivity contribution in [2.24, 2.45) is 11.8 Å². The van der Waals surface area contributed by atoms with Gasteiger partial charge in [0.1, 0.15) is 0 Å². The molecular weight excluding hydrogens is 226 g/mol. The van der Waals surface area contributed by atoms with Crippen molar-refractivity contribution in [3.8, 4) is 0 Å². The molecule has 2 fully saturated rings. The lowest BCUT2D eigenvalue weighted by atomic mass is 9.85. The minimum absolute atomic E-state index is 0.621. The lowest BCUT2D eigenvalue weighted by molar-refractivity contribution is 0.174. The monoisotopic (exact) mass is 247 g/mol. The van der Waals surface area contributed by atoms with E-state index in [1.54, 1.807) is 6.20 Å². The summed E-state index contributed by atoms with van der Waals surface area (Å²) in [6.07, 6.45) is 10.5. The van der Waals surface area contributed by atoms with Gasteiger partial charge in [0.25, 0.3) is 0 Å². The molecule has 1 saturated heterocycles. The van der Waals surface area contributed by atoms with Gasteiger partial charge in [-0.3, -0.25) is 9.88 Å². The van der Waals surface area contributed by atoms with Gasteiger partial charge in [0.2, 0.25) is 0 Å². The van der Waals surface area contributed by atoms with Gasteiger partial charge in [-0.1, -0.05) is 12.8 Å². The highest BCUT2D eigenvalue weighted by Crippen LogP contribution is 2.36. The molecule has 0 bridgehead atoms. The zero-order valence-corrected chi connectivity index (χ0v) is 10.7. The van der Waals surface area contributed by atoms with E-state index in [0.717, 1.165) is 24.2 Å². The van der Waals surface area contributed by atoms with Crippen molar-refractivity contribution in [3.63, 3.8) is 0 Å². The lowest BCUT2D eigenvalue weighted by Crippen LogP contribution is -2.34. The van der Waals surface area contributed by atoms with Gasteiger partial charge in [-0.15, -0.1) is 0 Å². The first-order valence-electron chi connectivity index (χ1n) is 6.88. The molecule has 2 unspecified atom stereocenters. The molecule has 1 aliphatic heterocycles. The van der Waals surface area contributed by atoms with Crippen LogP contribution in [0.5, 0.6) is 0 Å². The number of aromatic nitrogens is 2. The quantitative estimate of drug-likeness (QED) is 0.626. The minimum atomic E-state index is 0.621. The molecule has 0 aromatic carbocycles. The van der Waals surface area contributed by atoms with E-state index in [9.17, 15) is 0 Å². The summed E-state index contributed by atoms with van der Waals surface area (Å²) >= 11 is 0. The van der Waals surface area contributed by atoms with E-state index >= 15 is 0 Å². The molecule has 5 nitrogen and oxygen atoms in total. The lowest BCUT2D eigenvalue weighted by Gasteiger charge is -2.31. The smallest absolute Gasteiger partial charge is 0.158 e. The normalized spacial score (nSPS) is 28.1. The number of nitrogens with one attached hydrogen (secondary N) is 1. The number of nitrogens with two attached hydrogens (primary N) is 1. The fourth-order valence-electron chi connectivity index (χ4n) is 3.42. The van der Waals surface area contributed by atoms with Crippen LogP contribution in [-0.2, 0) is 6.54 Å². The van der Waals surface area contributed by atoms with Gasteiger partial charge in [0.05, 0.1) is 18.1 Å². The number of fused-ring (bicyclic) bond motifs is 1. The van der Waals surface area contributed by atoms with Crippen LogP contribution in [0.4, 0.5) is 5.82 Å². The molecule has 5 heteroatoms. The molecule has 2 heterocycles. The van der Waals surface area contributed by atoms with Crippen molar-refractivity contribution in [2.75, 3.05) is 12.0 Å². The molecule has 0 spiro atoms. The Morgan fingerprint density at radius 3 is 2.89 bits per heavy atom. The Morgan fingerprint density at radius 2 is 2.11 bits per heavy atom. The molecule has 1 aromatic rings. The Kier molecular flexibility index (Phi) is 3.43. The molecule has 1 aromatic heterocycles. The third kappa shape index (κ3) is 2.33. The number of nitrogen functional groups attached to an aromatic ring is 1. The number of hydrogen-bond donors (Lipinski definition) is 2. The summed E-state index contributed by atoms with van der Waals surface area (Å²) in [6, 6.07) is 0.785. The highest BCUT2D eigenvalue weighted by atomic mass is 15.3. The van der Waals surface area contributed by atoms with Crippen LogP contribution in [0.1, 0.15) is 37.8 Å². The predicted molar refractivity (Wildman–Crippen MR) is 70.6 cm³/mol. The fourth-order valence-corrected chi connectivity index (χ4v) is 3.42. The summed E-state index contributed by atoms with van der Waals surface area (Å²) < 4.78 is 0. The number of likely N-dealkylation sites (tertiary alicyclic amines) is 1. The van der Waals surface area contributed by atoms with Crippen molar-refractivity contribution >= 4 is 5.82 Å². The summed E-state index contributed by atoms with van der Waals surface area (Å²) in [4.78, 5) is 11.2. The SMILES string of the molecule is NNc1cnc(CN2CCC3CCCCC32)cn1. The highest BCUT2D eigenvalue weighted by molar-refractivity contribution is 5.28.